The van der Waals surface area contributed by atoms with Crippen LogP contribution in [0.4, 0.5) is 5.95 Å². The van der Waals surface area contributed by atoms with Crippen molar-refractivity contribution >= 4 is 22.8 Å². The van der Waals surface area contributed by atoms with E-state index >= 15 is 0 Å². The first-order chi connectivity index (χ1) is 15.2. The lowest BCUT2D eigenvalue weighted by Crippen LogP contribution is -2.14. The van der Waals surface area contributed by atoms with Gasteiger partial charge in [-0.2, -0.15) is 0 Å². The van der Waals surface area contributed by atoms with Gasteiger partial charge in [-0.25, -0.2) is 9.97 Å². The van der Waals surface area contributed by atoms with Crippen LogP contribution in [0.25, 0.3) is 33.6 Å². The molecule has 0 spiro atoms. The third-order valence-corrected chi connectivity index (χ3v) is 4.92. The Morgan fingerprint density at radius 2 is 1.94 bits per heavy atom. The first kappa shape index (κ1) is 18.6. The van der Waals surface area contributed by atoms with Crippen LogP contribution in [0, 0.1) is 0 Å². The number of hydrogen-bond donors (Lipinski definition) is 2. The van der Waals surface area contributed by atoms with Crippen molar-refractivity contribution in [3.63, 3.8) is 0 Å². The van der Waals surface area contributed by atoms with Crippen LogP contribution in [0.5, 0.6) is 5.75 Å². The zero-order valence-electron chi connectivity index (χ0n) is 16.6. The van der Waals surface area contributed by atoms with Gasteiger partial charge in [0.1, 0.15) is 11.4 Å². The Kier molecular flexibility index (Phi) is 4.68. The van der Waals surface area contributed by atoms with E-state index in [1.807, 2.05) is 54.6 Å². The Labute approximate surface area is 177 Å². The summed E-state index contributed by atoms with van der Waals surface area (Å²) < 4.78 is 10.7. The molecule has 3 aromatic heterocycles. The molecular weight excluding hydrogens is 392 g/mol. The fourth-order valence-electron chi connectivity index (χ4n) is 3.39. The quantitative estimate of drug-likeness (QED) is 0.418. The van der Waals surface area contributed by atoms with Gasteiger partial charge >= 0.3 is 0 Å². The lowest BCUT2D eigenvalue weighted by atomic mass is 10.0. The monoisotopic (exact) mass is 410 g/mol. The van der Waals surface area contributed by atoms with Crippen LogP contribution in [0.15, 0.2) is 83.6 Å². The van der Waals surface area contributed by atoms with E-state index in [-0.39, 0.29) is 5.91 Å². The Bertz CT molecular complexity index is 1360. The highest BCUT2D eigenvalue weighted by atomic mass is 16.5. The van der Waals surface area contributed by atoms with Gasteiger partial charge in [-0.1, -0.05) is 30.3 Å². The minimum atomic E-state index is -0.307. The summed E-state index contributed by atoms with van der Waals surface area (Å²) in [6.07, 6.45) is 3.19. The molecule has 5 rings (SSSR count). The molecule has 0 radical (unpaired) electrons. The molecule has 0 atom stereocenters. The van der Waals surface area contributed by atoms with Gasteiger partial charge in [-0.3, -0.25) is 10.1 Å². The van der Waals surface area contributed by atoms with E-state index in [1.165, 1.54) is 0 Å². The minimum absolute atomic E-state index is 0.307. The number of nitrogens with zero attached hydrogens (tertiary/aromatic N) is 2. The van der Waals surface area contributed by atoms with Crippen molar-refractivity contribution < 1.29 is 13.9 Å². The molecule has 0 unspecified atom stereocenters. The molecule has 0 saturated carbocycles. The number of nitrogens with one attached hydrogen (secondary N) is 2. The van der Waals surface area contributed by atoms with Gasteiger partial charge < -0.3 is 14.1 Å². The summed E-state index contributed by atoms with van der Waals surface area (Å²) in [6, 6.07) is 20.6. The fraction of sp³-hybridized carbons (Fsp3) is 0.0417. The second-order valence-corrected chi connectivity index (χ2v) is 6.88. The number of H-pyrrole nitrogens is 1. The number of fused-ring (bicyclic) bond motifs is 1. The van der Waals surface area contributed by atoms with E-state index in [4.69, 9.17) is 14.1 Å². The lowest BCUT2D eigenvalue weighted by Gasteiger charge is -2.11. The number of anilines is 1. The predicted octanol–water partition coefficient (Wildman–Crippen LogP) is 5.15. The third kappa shape index (κ3) is 3.64. The molecule has 152 valence electrons. The van der Waals surface area contributed by atoms with Crippen molar-refractivity contribution in [2.24, 2.45) is 0 Å². The smallest absolute Gasteiger partial charge is 0.258 e. The van der Waals surface area contributed by atoms with Crippen LogP contribution in [-0.2, 0) is 0 Å². The molecule has 7 nitrogen and oxygen atoms in total. The third-order valence-electron chi connectivity index (χ3n) is 4.92. The summed E-state index contributed by atoms with van der Waals surface area (Å²) in [6.45, 7) is 0. The van der Waals surface area contributed by atoms with Gasteiger partial charge in [-0.05, 0) is 36.4 Å². The van der Waals surface area contributed by atoms with E-state index < -0.39 is 0 Å². The molecule has 7 heteroatoms. The van der Waals surface area contributed by atoms with Gasteiger partial charge in [0.25, 0.3) is 5.91 Å². The topological polar surface area (TPSA) is 93.0 Å². The molecule has 1 amide bonds. The molecule has 31 heavy (non-hydrogen) atoms. The maximum atomic E-state index is 13.2. The van der Waals surface area contributed by atoms with Crippen molar-refractivity contribution in [2.75, 3.05) is 12.4 Å². The Balaban J connectivity index is 1.56. The number of aromatic nitrogens is 3. The van der Waals surface area contributed by atoms with Gasteiger partial charge in [0, 0.05) is 10.9 Å². The summed E-state index contributed by atoms with van der Waals surface area (Å²) in [4.78, 5) is 25.3. The molecule has 2 N–H and O–H groups in total. The zero-order chi connectivity index (χ0) is 21.2. The highest BCUT2D eigenvalue weighted by molar-refractivity contribution is 6.12. The number of hydrogen-bond acceptors (Lipinski definition) is 5. The molecule has 0 aliphatic carbocycles. The molecule has 3 heterocycles. The largest absolute Gasteiger partial charge is 0.497 e. The maximum absolute atomic E-state index is 13.2. The number of furan rings is 1. The Morgan fingerprint density at radius 3 is 2.71 bits per heavy atom. The summed E-state index contributed by atoms with van der Waals surface area (Å²) >= 11 is 0. The number of amides is 1. The standard InChI is InChI=1S/C24H18N4O3/c1-30-16-9-10-19-17(12-16)18(13-20(26-19)15-6-3-2-4-7-15)23(29)28-24-25-14-21(27-24)22-8-5-11-31-22/h2-14H,1H3,(H2,25,27,28,29). The first-order valence-corrected chi connectivity index (χ1v) is 9.66. The van der Waals surface area contributed by atoms with Crippen LogP contribution >= 0.6 is 0 Å². The molecule has 5 aromatic rings. The molecule has 0 saturated heterocycles. The van der Waals surface area contributed by atoms with Crippen molar-refractivity contribution in [3.05, 3.63) is 84.8 Å². The number of benzene rings is 2. The van der Waals surface area contributed by atoms with E-state index in [0.717, 1.165) is 5.56 Å². The zero-order valence-corrected chi connectivity index (χ0v) is 16.6. The first-order valence-electron chi connectivity index (χ1n) is 9.66. The minimum Gasteiger partial charge on any atom is -0.497 e. The average Bonchev–Trinajstić information content (AvgIpc) is 3.50. The summed E-state index contributed by atoms with van der Waals surface area (Å²) in [5.74, 6) is 1.30. The number of aromatic amines is 1. The normalized spacial score (nSPS) is 10.9. The number of imidazole rings is 1. The van der Waals surface area contributed by atoms with E-state index in [9.17, 15) is 4.79 Å². The van der Waals surface area contributed by atoms with Gasteiger partial charge in [-0.15, -0.1) is 0 Å². The summed E-state index contributed by atoms with van der Waals surface area (Å²) in [5.41, 5.74) is 3.47. The summed E-state index contributed by atoms with van der Waals surface area (Å²) in [7, 11) is 1.59. The summed E-state index contributed by atoms with van der Waals surface area (Å²) in [5, 5.41) is 3.52. The van der Waals surface area contributed by atoms with Gasteiger partial charge in [0.2, 0.25) is 5.95 Å². The molecule has 0 fully saturated rings. The van der Waals surface area contributed by atoms with Crippen molar-refractivity contribution in [2.45, 2.75) is 0 Å². The van der Waals surface area contributed by atoms with Gasteiger partial charge in [0.05, 0.1) is 36.3 Å². The molecule has 2 aromatic carbocycles. The highest BCUT2D eigenvalue weighted by Gasteiger charge is 2.17. The maximum Gasteiger partial charge on any atom is 0.258 e. The number of carbonyl (C=O) groups excluding carboxylic acids is 1. The molecular formula is C24H18N4O3. The van der Waals surface area contributed by atoms with Crippen molar-refractivity contribution in [3.8, 4) is 28.5 Å². The van der Waals surface area contributed by atoms with Crippen LogP contribution in [-0.4, -0.2) is 28.0 Å². The predicted molar refractivity (Wildman–Crippen MR) is 118 cm³/mol. The Morgan fingerprint density at radius 1 is 1.06 bits per heavy atom. The molecule has 0 bridgehead atoms. The highest BCUT2D eigenvalue weighted by Crippen LogP contribution is 2.28. The molecule has 0 aliphatic rings. The fourth-order valence-corrected chi connectivity index (χ4v) is 3.39. The van der Waals surface area contributed by atoms with Crippen LogP contribution in [0.3, 0.4) is 0 Å². The van der Waals surface area contributed by atoms with Crippen molar-refractivity contribution in [1.82, 2.24) is 15.0 Å². The van der Waals surface area contributed by atoms with Crippen LogP contribution in [0.2, 0.25) is 0 Å². The Hall–Kier alpha value is -4.39. The van der Waals surface area contributed by atoms with Crippen molar-refractivity contribution in [1.29, 1.82) is 0 Å². The lowest BCUT2D eigenvalue weighted by molar-refractivity contribution is 0.102. The van der Waals surface area contributed by atoms with Crippen LogP contribution < -0.4 is 10.1 Å². The number of rotatable bonds is 5. The number of methoxy groups -OCH3 is 1. The number of pyridine rings is 1. The van der Waals surface area contributed by atoms with E-state index in [2.05, 4.69) is 15.3 Å². The second kappa shape index (κ2) is 7.79. The number of carbonyl (C=O) groups is 1. The number of ether oxygens (including phenoxy) is 1. The second-order valence-electron chi connectivity index (χ2n) is 6.88. The van der Waals surface area contributed by atoms with Gasteiger partial charge in [0.15, 0.2) is 5.76 Å². The molecule has 0 aliphatic heterocycles. The van der Waals surface area contributed by atoms with E-state index in [1.54, 1.807) is 31.7 Å². The SMILES string of the molecule is COc1ccc2nc(-c3ccccc3)cc(C(=O)Nc3ncc(-c4ccco4)[nH]3)c2c1. The average molecular weight is 410 g/mol. The van der Waals surface area contributed by atoms with Crippen LogP contribution in [0.1, 0.15) is 10.4 Å². The van der Waals surface area contributed by atoms with E-state index in [0.29, 0.717) is 45.3 Å².